The van der Waals surface area contributed by atoms with Crippen LogP contribution in [0, 0.1) is 17.2 Å². The highest BCUT2D eigenvalue weighted by atomic mass is 79.9. The van der Waals surface area contributed by atoms with Gasteiger partial charge in [0.25, 0.3) is 5.91 Å². The van der Waals surface area contributed by atoms with E-state index < -0.39 is 0 Å². The van der Waals surface area contributed by atoms with Gasteiger partial charge in [0.05, 0.1) is 16.6 Å². The first-order chi connectivity index (χ1) is 14.4. The molecule has 1 aliphatic heterocycles. The van der Waals surface area contributed by atoms with E-state index in [4.69, 9.17) is 9.68 Å². The summed E-state index contributed by atoms with van der Waals surface area (Å²) in [7, 11) is 2.11. The number of amides is 1. The fourth-order valence-corrected chi connectivity index (χ4v) is 3.39. The van der Waals surface area contributed by atoms with Crippen LogP contribution in [0.4, 0.5) is 5.82 Å². The predicted octanol–water partition coefficient (Wildman–Crippen LogP) is 2.26. The molecule has 1 fully saturated rings. The Labute approximate surface area is 184 Å². The highest BCUT2D eigenvalue weighted by molar-refractivity contribution is 9.10. The van der Waals surface area contributed by atoms with Crippen LogP contribution in [-0.2, 0) is 6.54 Å². The predicted molar refractivity (Wildman–Crippen MR) is 116 cm³/mol. The van der Waals surface area contributed by atoms with Crippen molar-refractivity contribution in [3.05, 3.63) is 40.1 Å². The van der Waals surface area contributed by atoms with Gasteiger partial charge < -0.3 is 9.32 Å². The molecule has 0 saturated carbocycles. The van der Waals surface area contributed by atoms with Crippen LogP contribution < -0.4 is 10.4 Å². The van der Waals surface area contributed by atoms with E-state index in [2.05, 4.69) is 48.2 Å². The number of hydrazine groups is 1. The molecule has 1 N–H and O–H groups in total. The molecule has 160 valence electrons. The van der Waals surface area contributed by atoms with E-state index in [0.29, 0.717) is 29.0 Å². The Morgan fingerprint density at radius 3 is 2.80 bits per heavy atom. The van der Waals surface area contributed by atoms with Crippen molar-refractivity contribution in [1.29, 1.82) is 5.26 Å². The Morgan fingerprint density at radius 1 is 1.40 bits per heavy atom. The molecule has 0 aliphatic carbocycles. The lowest BCUT2D eigenvalue weighted by Crippen LogP contribution is -2.45. The Kier molecular flexibility index (Phi) is 7.55. The molecule has 3 heterocycles. The van der Waals surface area contributed by atoms with Gasteiger partial charge in [-0.1, -0.05) is 13.8 Å². The van der Waals surface area contributed by atoms with E-state index in [-0.39, 0.29) is 17.5 Å². The number of likely N-dealkylation sites (N-methyl/N-ethyl adjacent to an activating group) is 1. The molecule has 1 aliphatic rings. The lowest BCUT2D eigenvalue weighted by Gasteiger charge is -2.31. The number of nitrogens with zero attached hydrogens (tertiary/aromatic N) is 6. The molecular formula is C20H26BrN7O2. The summed E-state index contributed by atoms with van der Waals surface area (Å²) in [5.74, 6) is 1.00. The number of halogens is 1. The Hall–Kier alpha value is -2.32. The number of aromatic nitrogens is 2. The molecule has 0 spiro atoms. The van der Waals surface area contributed by atoms with Crippen molar-refractivity contribution in [1.82, 2.24) is 25.2 Å². The summed E-state index contributed by atoms with van der Waals surface area (Å²) >= 11 is 3.38. The van der Waals surface area contributed by atoms with Gasteiger partial charge in [-0.3, -0.25) is 9.69 Å². The van der Waals surface area contributed by atoms with E-state index in [1.807, 2.05) is 19.9 Å². The van der Waals surface area contributed by atoms with Crippen LogP contribution in [0.5, 0.6) is 0 Å². The summed E-state index contributed by atoms with van der Waals surface area (Å²) in [4.78, 5) is 26.0. The van der Waals surface area contributed by atoms with Gasteiger partial charge in [-0.15, -0.1) is 0 Å². The van der Waals surface area contributed by atoms with Crippen molar-refractivity contribution in [2.24, 2.45) is 5.92 Å². The summed E-state index contributed by atoms with van der Waals surface area (Å²) in [5.41, 5.74) is 3.53. The van der Waals surface area contributed by atoms with Crippen LogP contribution >= 0.6 is 15.9 Å². The fraction of sp³-hybridized carbons (Fsp3) is 0.500. The SMILES string of the molecule is CC(C)CNN(C(=O)c1coc(CN2CCN(C)CC2)c1)c1nc(C#N)ncc1Br. The number of piperazine rings is 1. The van der Waals surface area contributed by atoms with Crippen molar-refractivity contribution in [3.63, 3.8) is 0 Å². The van der Waals surface area contributed by atoms with Crippen LogP contribution in [-0.4, -0.2) is 65.4 Å². The van der Waals surface area contributed by atoms with E-state index in [0.717, 1.165) is 31.9 Å². The third-order valence-electron chi connectivity index (χ3n) is 4.77. The van der Waals surface area contributed by atoms with Crippen molar-refractivity contribution in [2.75, 3.05) is 44.8 Å². The Bertz CT molecular complexity index is 916. The standard InChI is InChI=1S/C20H26BrN7O2/c1-14(2)10-24-28(19-17(21)11-23-18(9-22)25-19)20(29)15-8-16(30-13-15)12-27-6-4-26(3)5-7-27/h8,11,13-14,24H,4-7,10,12H2,1-3H3. The van der Waals surface area contributed by atoms with Crippen molar-refractivity contribution in [2.45, 2.75) is 20.4 Å². The lowest BCUT2D eigenvalue weighted by atomic mass is 10.2. The first kappa shape index (κ1) is 22.4. The average Bonchev–Trinajstić information content (AvgIpc) is 3.19. The zero-order chi connectivity index (χ0) is 21.7. The Morgan fingerprint density at radius 2 is 2.13 bits per heavy atom. The minimum Gasteiger partial charge on any atom is -0.467 e. The second-order valence-corrected chi connectivity index (χ2v) is 8.61. The van der Waals surface area contributed by atoms with Crippen molar-refractivity contribution >= 4 is 27.7 Å². The van der Waals surface area contributed by atoms with Crippen LogP contribution in [0.15, 0.2) is 27.4 Å². The molecule has 1 amide bonds. The normalized spacial score (nSPS) is 15.3. The number of furan rings is 1. The minimum atomic E-state index is -0.313. The number of anilines is 1. The van der Waals surface area contributed by atoms with Crippen LogP contribution in [0.25, 0.3) is 0 Å². The highest BCUT2D eigenvalue weighted by Gasteiger charge is 2.25. The molecule has 0 atom stereocenters. The van der Waals surface area contributed by atoms with Crippen molar-refractivity contribution in [3.8, 4) is 6.07 Å². The average molecular weight is 476 g/mol. The van der Waals surface area contributed by atoms with E-state index >= 15 is 0 Å². The topological polar surface area (TPSA) is 102 Å². The van der Waals surface area contributed by atoms with Gasteiger partial charge in [0.2, 0.25) is 5.82 Å². The number of hydrogen-bond donors (Lipinski definition) is 1. The smallest absolute Gasteiger partial charge is 0.277 e. The maximum absolute atomic E-state index is 13.3. The zero-order valence-electron chi connectivity index (χ0n) is 17.4. The van der Waals surface area contributed by atoms with Crippen LogP contribution in [0.1, 0.15) is 35.8 Å². The third kappa shape index (κ3) is 5.64. The quantitative estimate of drug-likeness (QED) is 0.608. The third-order valence-corrected chi connectivity index (χ3v) is 5.33. The highest BCUT2D eigenvalue weighted by Crippen LogP contribution is 2.24. The molecule has 30 heavy (non-hydrogen) atoms. The van der Waals surface area contributed by atoms with E-state index in [1.165, 1.54) is 17.5 Å². The number of nitrogens with one attached hydrogen (secondary N) is 1. The molecule has 1 saturated heterocycles. The minimum absolute atomic E-state index is 0.0136. The first-order valence-corrected chi connectivity index (χ1v) is 10.7. The second-order valence-electron chi connectivity index (χ2n) is 7.75. The van der Waals surface area contributed by atoms with Gasteiger partial charge in [-0.25, -0.2) is 15.4 Å². The zero-order valence-corrected chi connectivity index (χ0v) is 19.0. The molecule has 2 aromatic heterocycles. The van der Waals surface area contributed by atoms with Gasteiger partial charge in [-0.05, 0) is 35.0 Å². The lowest BCUT2D eigenvalue weighted by molar-refractivity contribution is 0.0971. The van der Waals surface area contributed by atoms with Gasteiger partial charge in [0.15, 0.2) is 5.82 Å². The number of carbonyl (C=O) groups is 1. The molecular weight excluding hydrogens is 450 g/mol. The van der Waals surface area contributed by atoms with Gasteiger partial charge >= 0.3 is 0 Å². The van der Waals surface area contributed by atoms with Gasteiger partial charge in [0.1, 0.15) is 18.1 Å². The molecule has 9 nitrogen and oxygen atoms in total. The Balaban J connectivity index is 1.80. The van der Waals surface area contributed by atoms with Gasteiger partial charge in [0, 0.05) is 38.9 Å². The number of nitriles is 1. The molecule has 0 bridgehead atoms. The number of hydrogen-bond acceptors (Lipinski definition) is 8. The summed E-state index contributed by atoms with van der Waals surface area (Å²) in [6.45, 7) is 9.26. The molecule has 2 aromatic rings. The molecule has 0 unspecified atom stereocenters. The number of rotatable bonds is 7. The maximum atomic E-state index is 13.3. The summed E-state index contributed by atoms with van der Waals surface area (Å²) in [5, 5.41) is 10.5. The number of carbonyl (C=O) groups excluding carboxylic acids is 1. The fourth-order valence-electron chi connectivity index (χ4n) is 3.02. The molecule has 0 aromatic carbocycles. The molecule has 3 rings (SSSR count). The first-order valence-electron chi connectivity index (χ1n) is 9.86. The van der Waals surface area contributed by atoms with E-state index in [9.17, 15) is 4.79 Å². The largest absolute Gasteiger partial charge is 0.467 e. The maximum Gasteiger partial charge on any atom is 0.277 e. The summed E-state index contributed by atoms with van der Waals surface area (Å²) < 4.78 is 6.18. The summed E-state index contributed by atoms with van der Waals surface area (Å²) in [6.07, 6.45) is 2.94. The van der Waals surface area contributed by atoms with Crippen LogP contribution in [0.3, 0.4) is 0 Å². The monoisotopic (exact) mass is 475 g/mol. The second kappa shape index (κ2) is 10.1. The summed E-state index contributed by atoms with van der Waals surface area (Å²) in [6, 6.07) is 3.68. The molecule has 10 heteroatoms. The van der Waals surface area contributed by atoms with Crippen molar-refractivity contribution < 1.29 is 9.21 Å². The van der Waals surface area contributed by atoms with Gasteiger partial charge in [-0.2, -0.15) is 10.2 Å². The van der Waals surface area contributed by atoms with E-state index in [1.54, 1.807) is 6.07 Å². The van der Waals surface area contributed by atoms with Crippen LogP contribution in [0.2, 0.25) is 0 Å². The molecule has 0 radical (unpaired) electrons.